The summed E-state index contributed by atoms with van der Waals surface area (Å²) in [4.78, 5) is 22.5. The highest BCUT2D eigenvalue weighted by Gasteiger charge is 2.34. The van der Waals surface area contributed by atoms with Crippen LogP contribution in [0.4, 0.5) is 0 Å². The van der Waals surface area contributed by atoms with Gasteiger partial charge in [-0.2, -0.15) is 0 Å². The predicted molar refractivity (Wildman–Crippen MR) is 63.2 cm³/mol. The molecule has 0 radical (unpaired) electrons. The van der Waals surface area contributed by atoms with Gasteiger partial charge in [-0.15, -0.1) is 0 Å². The van der Waals surface area contributed by atoms with Crippen LogP contribution in [0.5, 0.6) is 0 Å². The predicted octanol–water partition coefficient (Wildman–Crippen LogP) is 2.16. The van der Waals surface area contributed by atoms with E-state index in [1.807, 2.05) is 0 Å². The average Bonchev–Trinajstić information content (AvgIpc) is 2.27. The zero-order chi connectivity index (χ0) is 13.0. The van der Waals surface area contributed by atoms with E-state index in [2.05, 4.69) is 25.5 Å². The summed E-state index contributed by atoms with van der Waals surface area (Å²) in [6, 6.07) is 0. The fourth-order valence-electron chi connectivity index (χ4n) is 2.52. The highest BCUT2D eigenvalue weighted by atomic mass is 16.6. The summed E-state index contributed by atoms with van der Waals surface area (Å²) < 4.78 is 9.64. The van der Waals surface area contributed by atoms with Crippen LogP contribution in [0.3, 0.4) is 0 Å². The lowest BCUT2D eigenvalue weighted by Crippen LogP contribution is -2.37. The quantitative estimate of drug-likeness (QED) is 0.550. The van der Waals surface area contributed by atoms with Crippen molar-refractivity contribution in [2.24, 2.45) is 17.8 Å². The Bertz CT molecular complexity index is 285. The number of hydrogen-bond donors (Lipinski definition) is 0. The molecule has 0 N–H and O–H groups in total. The zero-order valence-corrected chi connectivity index (χ0v) is 11.1. The van der Waals surface area contributed by atoms with Crippen molar-refractivity contribution in [1.29, 1.82) is 0 Å². The molecule has 0 heterocycles. The summed E-state index contributed by atoms with van der Waals surface area (Å²) in [5, 5.41) is 0. The van der Waals surface area contributed by atoms with Crippen LogP contribution >= 0.6 is 0 Å². The van der Waals surface area contributed by atoms with Crippen molar-refractivity contribution in [2.75, 3.05) is 7.11 Å². The highest BCUT2D eigenvalue weighted by Crippen LogP contribution is 2.35. The Morgan fingerprint density at radius 2 is 1.82 bits per heavy atom. The minimum Gasteiger partial charge on any atom is -0.461 e. The smallest absolute Gasteiger partial charge is 0.417 e. The molecule has 0 aromatic rings. The molecule has 0 aliphatic heterocycles. The summed E-state index contributed by atoms with van der Waals surface area (Å²) in [6.45, 7) is 6.40. The second-order valence-electron chi connectivity index (χ2n) is 5.26. The molecule has 1 aliphatic carbocycles. The minimum atomic E-state index is -0.911. The number of methoxy groups -OCH3 is 1. The van der Waals surface area contributed by atoms with Crippen LogP contribution in [0, 0.1) is 17.8 Å². The first kappa shape index (κ1) is 14.0. The van der Waals surface area contributed by atoms with Crippen molar-refractivity contribution in [1.82, 2.24) is 0 Å². The van der Waals surface area contributed by atoms with Crippen molar-refractivity contribution in [3.63, 3.8) is 0 Å². The van der Waals surface area contributed by atoms with Crippen LogP contribution in [0.2, 0.25) is 0 Å². The lowest BCUT2D eigenvalue weighted by atomic mass is 9.75. The van der Waals surface area contributed by atoms with E-state index in [4.69, 9.17) is 4.74 Å². The van der Waals surface area contributed by atoms with Gasteiger partial charge in [0, 0.05) is 0 Å². The van der Waals surface area contributed by atoms with Crippen LogP contribution in [-0.4, -0.2) is 25.2 Å². The Morgan fingerprint density at radius 3 is 2.35 bits per heavy atom. The number of carbonyl (C=O) groups is 2. The van der Waals surface area contributed by atoms with Crippen molar-refractivity contribution in [2.45, 2.75) is 46.1 Å². The zero-order valence-electron chi connectivity index (χ0n) is 11.1. The van der Waals surface area contributed by atoms with E-state index in [9.17, 15) is 9.59 Å². The van der Waals surface area contributed by atoms with Gasteiger partial charge in [0.15, 0.2) is 0 Å². The SMILES string of the molecule is COC(=O)C(=O)O[C@@H]1C[C@H](C)CC[C@H]1C(C)C. The van der Waals surface area contributed by atoms with Gasteiger partial charge in [0.05, 0.1) is 7.11 Å². The van der Waals surface area contributed by atoms with Gasteiger partial charge in [-0.05, 0) is 30.6 Å². The third kappa shape index (κ3) is 3.72. The second-order valence-corrected chi connectivity index (χ2v) is 5.26. The lowest BCUT2D eigenvalue weighted by molar-refractivity contribution is -0.173. The van der Waals surface area contributed by atoms with Gasteiger partial charge in [0.1, 0.15) is 6.10 Å². The molecule has 1 fully saturated rings. The average molecular weight is 242 g/mol. The first-order chi connectivity index (χ1) is 7.95. The Morgan fingerprint density at radius 1 is 1.18 bits per heavy atom. The first-order valence-electron chi connectivity index (χ1n) is 6.24. The number of rotatable bonds is 2. The molecule has 0 spiro atoms. The maximum atomic E-state index is 11.4. The van der Waals surface area contributed by atoms with E-state index in [0.29, 0.717) is 17.8 Å². The van der Waals surface area contributed by atoms with Gasteiger partial charge in [-0.3, -0.25) is 0 Å². The third-order valence-electron chi connectivity index (χ3n) is 3.57. The van der Waals surface area contributed by atoms with Crippen LogP contribution < -0.4 is 0 Å². The molecule has 4 heteroatoms. The van der Waals surface area contributed by atoms with Gasteiger partial charge in [-0.1, -0.05) is 27.2 Å². The molecule has 1 aliphatic rings. The Labute approximate surface area is 103 Å². The van der Waals surface area contributed by atoms with Crippen molar-refractivity contribution >= 4 is 11.9 Å². The lowest BCUT2D eigenvalue weighted by Gasteiger charge is -2.36. The Hall–Kier alpha value is -1.06. The molecule has 4 nitrogen and oxygen atoms in total. The van der Waals surface area contributed by atoms with E-state index in [0.717, 1.165) is 19.3 Å². The molecular weight excluding hydrogens is 220 g/mol. The fourth-order valence-corrected chi connectivity index (χ4v) is 2.52. The Balaban J connectivity index is 2.63. The van der Waals surface area contributed by atoms with E-state index in [-0.39, 0.29) is 6.10 Å². The van der Waals surface area contributed by atoms with Crippen LogP contribution in [0.25, 0.3) is 0 Å². The van der Waals surface area contributed by atoms with Crippen molar-refractivity contribution in [3.05, 3.63) is 0 Å². The number of esters is 2. The van der Waals surface area contributed by atoms with Gasteiger partial charge < -0.3 is 9.47 Å². The van der Waals surface area contributed by atoms with E-state index >= 15 is 0 Å². The molecule has 98 valence electrons. The summed E-state index contributed by atoms with van der Waals surface area (Å²) in [6.07, 6.45) is 2.91. The summed E-state index contributed by atoms with van der Waals surface area (Å²) >= 11 is 0. The minimum absolute atomic E-state index is 0.148. The first-order valence-corrected chi connectivity index (χ1v) is 6.24. The molecule has 0 saturated heterocycles. The fraction of sp³-hybridized carbons (Fsp3) is 0.846. The summed E-state index contributed by atoms with van der Waals surface area (Å²) in [5.41, 5.74) is 0. The van der Waals surface area contributed by atoms with Crippen molar-refractivity contribution in [3.8, 4) is 0 Å². The summed E-state index contributed by atoms with van der Waals surface area (Å²) in [5.74, 6) is -0.429. The number of hydrogen-bond acceptors (Lipinski definition) is 4. The highest BCUT2D eigenvalue weighted by molar-refractivity contribution is 6.29. The molecule has 17 heavy (non-hydrogen) atoms. The molecule has 0 unspecified atom stereocenters. The van der Waals surface area contributed by atoms with E-state index in [1.54, 1.807) is 0 Å². The molecular formula is C13H22O4. The topological polar surface area (TPSA) is 52.6 Å². The van der Waals surface area contributed by atoms with Gasteiger partial charge in [-0.25, -0.2) is 9.59 Å². The van der Waals surface area contributed by atoms with Gasteiger partial charge in [0.25, 0.3) is 0 Å². The van der Waals surface area contributed by atoms with E-state index in [1.165, 1.54) is 7.11 Å². The molecule has 0 aromatic heterocycles. The van der Waals surface area contributed by atoms with E-state index < -0.39 is 11.9 Å². The molecule has 0 aromatic carbocycles. The van der Waals surface area contributed by atoms with Gasteiger partial charge in [0.2, 0.25) is 0 Å². The maximum absolute atomic E-state index is 11.4. The van der Waals surface area contributed by atoms with Crippen LogP contribution in [0.15, 0.2) is 0 Å². The van der Waals surface area contributed by atoms with Gasteiger partial charge >= 0.3 is 11.9 Å². The summed E-state index contributed by atoms with van der Waals surface area (Å²) in [7, 11) is 1.19. The molecule has 3 atom stereocenters. The normalized spacial score (nSPS) is 28.9. The molecule has 0 amide bonds. The second kappa shape index (κ2) is 6.03. The number of carbonyl (C=O) groups excluding carboxylic acids is 2. The Kier molecular flexibility index (Phi) is 4.97. The van der Waals surface area contributed by atoms with Crippen LogP contribution in [-0.2, 0) is 19.1 Å². The van der Waals surface area contributed by atoms with Crippen molar-refractivity contribution < 1.29 is 19.1 Å². The molecule has 1 rings (SSSR count). The number of ether oxygens (including phenoxy) is 2. The van der Waals surface area contributed by atoms with Crippen LogP contribution in [0.1, 0.15) is 40.0 Å². The maximum Gasteiger partial charge on any atom is 0.417 e. The third-order valence-corrected chi connectivity index (χ3v) is 3.57. The standard InChI is InChI=1S/C13H22O4/c1-8(2)10-6-5-9(3)7-11(10)17-13(15)12(14)16-4/h8-11H,5-7H2,1-4H3/t9-,10+,11-/m1/s1. The molecule has 1 saturated carbocycles. The largest absolute Gasteiger partial charge is 0.461 e. The monoisotopic (exact) mass is 242 g/mol. The molecule has 0 bridgehead atoms.